The lowest BCUT2D eigenvalue weighted by molar-refractivity contribution is 0.0699. The highest BCUT2D eigenvalue weighted by Gasteiger charge is 2.11. The molecule has 7 nitrogen and oxygen atoms in total. The van der Waals surface area contributed by atoms with E-state index >= 15 is 0 Å². The van der Waals surface area contributed by atoms with E-state index in [1.54, 1.807) is 7.11 Å². The van der Waals surface area contributed by atoms with Gasteiger partial charge in [0.1, 0.15) is 0 Å². The molecule has 0 fully saturated rings. The average Bonchev–Trinajstić information content (AvgIpc) is 3.03. The zero-order valence-electron chi connectivity index (χ0n) is 18.9. The predicted molar refractivity (Wildman–Crippen MR) is 139 cm³/mol. The highest BCUT2D eigenvalue weighted by Crippen LogP contribution is 2.32. The Morgan fingerprint density at radius 1 is 1.00 bits per heavy atom. The average molecular weight is 555 g/mol. The monoisotopic (exact) mass is 555 g/mol. The summed E-state index contributed by atoms with van der Waals surface area (Å²) in [6, 6.07) is 14.3. The van der Waals surface area contributed by atoms with Gasteiger partial charge in [0, 0.05) is 38.4 Å². The Balaban J connectivity index is 0.00000363. The number of nitrogens with one attached hydrogen (secondary N) is 2. The maximum Gasteiger partial charge on any atom is 0.196 e. The normalized spacial score (nSPS) is 13.1. The number of fused-ring (bicyclic) bond motifs is 1. The van der Waals surface area contributed by atoms with Gasteiger partial charge in [-0.15, -0.1) is 24.0 Å². The van der Waals surface area contributed by atoms with Crippen molar-refractivity contribution in [3.05, 3.63) is 53.6 Å². The van der Waals surface area contributed by atoms with Gasteiger partial charge in [-0.25, -0.2) is 4.99 Å². The summed E-state index contributed by atoms with van der Waals surface area (Å²) in [5, 5.41) is 6.77. The van der Waals surface area contributed by atoms with Crippen LogP contribution in [0.25, 0.3) is 0 Å². The van der Waals surface area contributed by atoms with Crippen LogP contribution >= 0.6 is 24.0 Å². The molecule has 2 aromatic rings. The Hall–Kier alpha value is -2.04. The van der Waals surface area contributed by atoms with Crippen molar-refractivity contribution in [3.8, 4) is 11.5 Å². The van der Waals surface area contributed by atoms with Gasteiger partial charge in [0.25, 0.3) is 0 Å². The van der Waals surface area contributed by atoms with Gasteiger partial charge in [0.05, 0.1) is 33.0 Å². The molecule has 0 radical (unpaired) electrons. The SMILES string of the molecule is COCCOCCCNC(=NCc1ccc(C)cc1)Nc1ccc2c(c1)OCCCO2.I. The number of aryl methyl sites for hydroxylation is 1. The van der Waals surface area contributed by atoms with Crippen LogP contribution in [0.4, 0.5) is 5.69 Å². The van der Waals surface area contributed by atoms with Crippen LogP contribution in [0.2, 0.25) is 0 Å². The fraction of sp³-hybridized carbons (Fsp3) is 0.458. The Morgan fingerprint density at radius 3 is 2.56 bits per heavy atom. The number of methoxy groups -OCH3 is 1. The van der Waals surface area contributed by atoms with Gasteiger partial charge in [-0.1, -0.05) is 29.8 Å². The molecule has 0 unspecified atom stereocenters. The third-order valence-corrected chi connectivity index (χ3v) is 4.74. The molecule has 1 aliphatic rings. The first-order valence-corrected chi connectivity index (χ1v) is 10.8. The number of halogens is 1. The van der Waals surface area contributed by atoms with Gasteiger partial charge in [-0.3, -0.25) is 0 Å². The number of hydrogen-bond acceptors (Lipinski definition) is 5. The number of aliphatic imine (C=N–C) groups is 1. The second-order valence-electron chi connectivity index (χ2n) is 7.37. The summed E-state index contributed by atoms with van der Waals surface area (Å²) in [6.45, 7) is 6.65. The van der Waals surface area contributed by atoms with Crippen LogP contribution in [0, 0.1) is 6.92 Å². The second kappa shape index (κ2) is 14.9. The molecule has 8 heteroatoms. The lowest BCUT2D eigenvalue weighted by atomic mass is 10.1. The third-order valence-electron chi connectivity index (χ3n) is 4.74. The first kappa shape index (κ1) is 26.2. The van der Waals surface area contributed by atoms with Gasteiger partial charge in [0.2, 0.25) is 0 Å². The number of nitrogens with zero attached hydrogens (tertiary/aromatic N) is 1. The van der Waals surface area contributed by atoms with E-state index in [9.17, 15) is 0 Å². The summed E-state index contributed by atoms with van der Waals surface area (Å²) < 4.78 is 22.1. The molecule has 0 atom stereocenters. The van der Waals surface area contributed by atoms with E-state index in [1.807, 2.05) is 18.2 Å². The van der Waals surface area contributed by atoms with E-state index in [0.29, 0.717) is 45.5 Å². The van der Waals surface area contributed by atoms with Crippen molar-refractivity contribution in [2.24, 2.45) is 4.99 Å². The number of guanidine groups is 1. The number of anilines is 1. The number of rotatable bonds is 10. The summed E-state index contributed by atoms with van der Waals surface area (Å²) in [7, 11) is 1.67. The van der Waals surface area contributed by atoms with Crippen LogP contribution in [0.15, 0.2) is 47.5 Å². The molecule has 0 aromatic heterocycles. The molecule has 176 valence electrons. The minimum Gasteiger partial charge on any atom is -0.490 e. The molecule has 1 aliphatic heterocycles. The molecule has 2 N–H and O–H groups in total. The van der Waals surface area contributed by atoms with E-state index in [-0.39, 0.29) is 24.0 Å². The molecule has 0 saturated carbocycles. The summed E-state index contributed by atoms with van der Waals surface area (Å²) in [6.07, 6.45) is 1.75. The van der Waals surface area contributed by atoms with Crippen molar-refractivity contribution in [2.75, 3.05) is 52.0 Å². The lowest BCUT2D eigenvalue weighted by Crippen LogP contribution is -2.32. The van der Waals surface area contributed by atoms with Gasteiger partial charge < -0.3 is 29.6 Å². The van der Waals surface area contributed by atoms with Crippen LogP contribution in [0.1, 0.15) is 24.0 Å². The van der Waals surface area contributed by atoms with Crippen molar-refractivity contribution in [1.29, 1.82) is 0 Å². The molecule has 0 spiro atoms. The maximum absolute atomic E-state index is 5.80. The zero-order chi connectivity index (χ0) is 21.7. The van der Waals surface area contributed by atoms with Gasteiger partial charge in [-0.05, 0) is 31.0 Å². The topological polar surface area (TPSA) is 73.3 Å². The van der Waals surface area contributed by atoms with E-state index in [0.717, 1.165) is 42.1 Å². The maximum atomic E-state index is 5.80. The van der Waals surface area contributed by atoms with Crippen LogP contribution in [0.3, 0.4) is 0 Å². The fourth-order valence-corrected chi connectivity index (χ4v) is 3.01. The quantitative estimate of drug-likeness (QED) is 0.196. The molecule has 0 bridgehead atoms. The third kappa shape index (κ3) is 9.22. The molecule has 0 saturated heterocycles. The van der Waals surface area contributed by atoms with Gasteiger partial charge in [0.15, 0.2) is 17.5 Å². The molecular formula is C24H34IN3O4. The lowest BCUT2D eigenvalue weighted by Gasteiger charge is -2.15. The molecule has 0 amide bonds. The smallest absolute Gasteiger partial charge is 0.196 e. The first-order valence-electron chi connectivity index (χ1n) is 10.8. The highest BCUT2D eigenvalue weighted by molar-refractivity contribution is 14.0. The number of ether oxygens (including phenoxy) is 4. The van der Waals surface area contributed by atoms with E-state index in [2.05, 4.69) is 41.8 Å². The van der Waals surface area contributed by atoms with Crippen molar-refractivity contribution in [1.82, 2.24) is 5.32 Å². The standard InChI is InChI=1S/C24H33N3O4.HI/c1-19-5-7-20(8-6-19)18-26-24(25-11-3-12-29-16-15-28-2)27-21-9-10-22-23(17-21)31-14-4-13-30-22;/h5-10,17H,3-4,11-16,18H2,1-2H3,(H2,25,26,27);1H. The summed E-state index contributed by atoms with van der Waals surface area (Å²) in [5.74, 6) is 2.25. The van der Waals surface area contributed by atoms with Crippen LogP contribution in [0.5, 0.6) is 11.5 Å². The Morgan fingerprint density at radius 2 is 1.78 bits per heavy atom. The highest BCUT2D eigenvalue weighted by atomic mass is 127. The van der Waals surface area contributed by atoms with Crippen molar-refractivity contribution in [2.45, 2.75) is 26.3 Å². The number of benzene rings is 2. The summed E-state index contributed by atoms with van der Waals surface area (Å²) in [5.41, 5.74) is 3.30. The first-order chi connectivity index (χ1) is 15.2. The molecule has 0 aliphatic carbocycles. The zero-order valence-corrected chi connectivity index (χ0v) is 21.2. The molecule has 2 aromatic carbocycles. The van der Waals surface area contributed by atoms with Crippen molar-refractivity contribution >= 4 is 35.6 Å². The van der Waals surface area contributed by atoms with E-state index in [4.69, 9.17) is 23.9 Å². The molecule has 1 heterocycles. The second-order valence-corrected chi connectivity index (χ2v) is 7.37. The van der Waals surface area contributed by atoms with Crippen LogP contribution < -0.4 is 20.1 Å². The van der Waals surface area contributed by atoms with Crippen molar-refractivity contribution in [3.63, 3.8) is 0 Å². The Kier molecular flexibility index (Phi) is 12.2. The Labute approximate surface area is 207 Å². The van der Waals surface area contributed by atoms with E-state index < -0.39 is 0 Å². The predicted octanol–water partition coefficient (Wildman–Crippen LogP) is 4.39. The summed E-state index contributed by atoms with van der Waals surface area (Å²) >= 11 is 0. The minimum atomic E-state index is 0. The van der Waals surface area contributed by atoms with Crippen molar-refractivity contribution < 1.29 is 18.9 Å². The number of hydrogen-bond donors (Lipinski definition) is 2. The Bertz CT molecular complexity index is 830. The molecule has 32 heavy (non-hydrogen) atoms. The van der Waals surface area contributed by atoms with Crippen LogP contribution in [-0.4, -0.2) is 52.6 Å². The largest absolute Gasteiger partial charge is 0.490 e. The fourth-order valence-electron chi connectivity index (χ4n) is 3.01. The van der Waals surface area contributed by atoms with Crippen LogP contribution in [-0.2, 0) is 16.0 Å². The van der Waals surface area contributed by atoms with Gasteiger partial charge >= 0.3 is 0 Å². The minimum absolute atomic E-state index is 0. The summed E-state index contributed by atoms with van der Waals surface area (Å²) in [4.78, 5) is 4.76. The van der Waals surface area contributed by atoms with Gasteiger partial charge in [-0.2, -0.15) is 0 Å². The molecule has 3 rings (SSSR count). The molecular weight excluding hydrogens is 521 g/mol. The van der Waals surface area contributed by atoms with E-state index in [1.165, 1.54) is 5.56 Å².